The number of hydrogen-bond donors (Lipinski definition) is 5. The summed E-state index contributed by atoms with van der Waals surface area (Å²) in [5.41, 5.74) is 5.68. The van der Waals surface area contributed by atoms with Gasteiger partial charge < -0.3 is 26.4 Å². The van der Waals surface area contributed by atoms with Crippen molar-refractivity contribution in [2.24, 2.45) is 0 Å². The van der Waals surface area contributed by atoms with Crippen molar-refractivity contribution in [1.29, 1.82) is 0 Å². The van der Waals surface area contributed by atoms with Gasteiger partial charge in [-0.1, -0.05) is 24.6 Å². The fourth-order valence-corrected chi connectivity index (χ4v) is 1.66. The molecule has 9 heteroatoms. The van der Waals surface area contributed by atoms with E-state index < -0.39 is 23.9 Å². The number of benzene rings is 1. The molecule has 0 amide bonds. The van der Waals surface area contributed by atoms with Gasteiger partial charge in [0.25, 0.3) is 0 Å². The van der Waals surface area contributed by atoms with Crippen molar-refractivity contribution in [1.82, 2.24) is 5.32 Å². The van der Waals surface area contributed by atoms with Gasteiger partial charge in [0.05, 0.1) is 22.7 Å². The van der Waals surface area contributed by atoms with Gasteiger partial charge in [-0.3, -0.25) is 9.59 Å². The molecule has 0 heterocycles. The lowest BCUT2D eigenvalue weighted by atomic mass is 10.2. The summed E-state index contributed by atoms with van der Waals surface area (Å²) in [6, 6.07) is 3.53. The molecule has 0 bridgehead atoms. The summed E-state index contributed by atoms with van der Waals surface area (Å²) < 4.78 is 0. The van der Waals surface area contributed by atoms with Gasteiger partial charge in [0.15, 0.2) is 0 Å². The lowest BCUT2D eigenvalue weighted by Gasteiger charge is -2.10. The average Bonchev–Trinajstić information content (AvgIpc) is 2.46. The van der Waals surface area contributed by atoms with Crippen molar-refractivity contribution in [3.8, 4) is 0 Å². The third-order valence-corrected chi connectivity index (χ3v) is 3.00. The van der Waals surface area contributed by atoms with E-state index in [1.54, 1.807) is 12.1 Å². The van der Waals surface area contributed by atoms with Gasteiger partial charge in [-0.25, -0.2) is 4.79 Å². The largest absolute Gasteiger partial charge is 0.481 e. The third-order valence-electron chi connectivity index (χ3n) is 2.58. The average molecular weight is 347 g/mol. The number of carboxylic acids is 3. The highest BCUT2D eigenvalue weighted by molar-refractivity contribution is 6.35. The summed E-state index contributed by atoms with van der Waals surface area (Å²) in [6.45, 7) is 2.40. The molecule has 23 heavy (non-hydrogen) atoms. The lowest BCUT2D eigenvalue weighted by molar-refractivity contribution is -0.145. The molecular formula is C14H19ClN2O6. The summed E-state index contributed by atoms with van der Waals surface area (Å²) in [7, 11) is 0. The molecule has 8 nitrogen and oxygen atoms in total. The van der Waals surface area contributed by atoms with E-state index in [1.165, 1.54) is 6.07 Å². The monoisotopic (exact) mass is 346 g/mol. The summed E-state index contributed by atoms with van der Waals surface area (Å²) >= 11 is 5.58. The maximum atomic E-state index is 10.4. The molecule has 1 rings (SSSR count). The standard InChI is InChI=1S/C7H6ClNO2.C7H13NO4/c8-6-4(7(10)11)2-1-3-5(6)9;1-2-3-8-5(7(11)12)4-6(9)10/h1-3H,9H2,(H,10,11);5,8H,2-4H2,1H3,(H,9,10)(H,11,12)/t;5-/m.1/s1. The van der Waals surface area contributed by atoms with Crippen LogP contribution in [0, 0.1) is 0 Å². The van der Waals surface area contributed by atoms with Crippen molar-refractivity contribution in [2.45, 2.75) is 25.8 Å². The molecule has 0 radical (unpaired) electrons. The van der Waals surface area contributed by atoms with E-state index in [-0.39, 0.29) is 22.7 Å². The van der Waals surface area contributed by atoms with Crippen LogP contribution < -0.4 is 11.1 Å². The smallest absolute Gasteiger partial charge is 0.337 e. The van der Waals surface area contributed by atoms with E-state index in [1.807, 2.05) is 6.92 Å². The van der Waals surface area contributed by atoms with Crippen molar-refractivity contribution in [3.05, 3.63) is 28.8 Å². The van der Waals surface area contributed by atoms with Crippen LogP contribution in [0.1, 0.15) is 30.1 Å². The number of halogens is 1. The molecule has 6 N–H and O–H groups in total. The highest BCUT2D eigenvalue weighted by atomic mass is 35.5. The van der Waals surface area contributed by atoms with Crippen LogP contribution in [0.5, 0.6) is 0 Å². The number of nitrogens with one attached hydrogen (secondary N) is 1. The molecular weight excluding hydrogens is 328 g/mol. The normalized spacial score (nSPS) is 11.0. The molecule has 0 saturated carbocycles. The summed E-state index contributed by atoms with van der Waals surface area (Å²) in [5, 5.41) is 28.1. The molecule has 128 valence electrons. The number of carboxylic acid groups (broad SMARTS) is 3. The first-order valence-electron chi connectivity index (χ1n) is 6.65. The summed E-state index contributed by atoms with van der Waals surface area (Å²) in [5.74, 6) is -3.29. The Morgan fingerprint density at radius 2 is 1.87 bits per heavy atom. The molecule has 0 saturated heterocycles. The van der Waals surface area contributed by atoms with E-state index in [4.69, 9.17) is 32.7 Å². The van der Waals surface area contributed by atoms with Crippen LogP contribution >= 0.6 is 11.6 Å². The first-order chi connectivity index (χ1) is 10.7. The SMILES string of the molecule is CCCN[C@H](CC(=O)O)C(=O)O.Nc1cccc(C(=O)O)c1Cl. The Hall–Kier alpha value is -2.32. The maximum Gasteiger partial charge on any atom is 0.337 e. The van der Waals surface area contributed by atoms with Gasteiger partial charge >= 0.3 is 17.9 Å². The Kier molecular flexibility index (Phi) is 9.36. The lowest BCUT2D eigenvalue weighted by Crippen LogP contribution is -2.38. The number of anilines is 1. The van der Waals surface area contributed by atoms with E-state index in [9.17, 15) is 14.4 Å². The van der Waals surface area contributed by atoms with Gasteiger partial charge in [0.2, 0.25) is 0 Å². The van der Waals surface area contributed by atoms with Crippen LogP contribution in [-0.2, 0) is 9.59 Å². The van der Waals surface area contributed by atoms with Gasteiger partial charge in [-0.2, -0.15) is 0 Å². The highest BCUT2D eigenvalue weighted by Gasteiger charge is 2.19. The highest BCUT2D eigenvalue weighted by Crippen LogP contribution is 2.22. The second-order valence-electron chi connectivity index (χ2n) is 4.46. The minimum atomic E-state index is -1.12. The molecule has 0 aliphatic heterocycles. The van der Waals surface area contributed by atoms with Crippen molar-refractivity contribution < 1.29 is 29.7 Å². The maximum absolute atomic E-state index is 10.4. The van der Waals surface area contributed by atoms with E-state index in [0.717, 1.165) is 6.42 Å². The van der Waals surface area contributed by atoms with Crippen molar-refractivity contribution in [3.63, 3.8) is 0 Å². The third kappa shape index (κ3) is 8.03. The quantitative estimate of drug-likeness (QED) is 0.466. The van der Waals surface area contributed by atoms with Gasteiger partial charge in [0, 0.05) is 0 Å². The fraction of sp³-hybridized carbons (Fsp3) is 0.357. The predicted molar refractivity (Wildman–Crippen MR) is 84.8 cm³/mol. The Morgan fingerprint density at radius 1 is 1.26 bits per heavy atom. The molecule has 0 unspecified atom stereocenters. The number of nitrogen functional groups attached to an aromatic ring is 1. The molecule has 1 atom stereocenters. The zero-order chi connectivity index (χ0) is 18.0. The zero-order valence-electron chi connectivity index (χ0n) is 12.5. The van der Waals surface area contributed by atoms with Crippen LogP contribution in [0.4, 0.5) is 5.69 Å². The number of carbonyl (C=O) groups is 3. The fourth-order valence-electron chi connectivity index (χ4n) is 1.45. The number of aromatic carboxylic acids is 1. The Labute approximate surface area is 137 Å². The second kappa shape index (κ2) is 10.4. The summed E-state index contributed by atoms with van der Waals surface area (Å²) in [4.78, 5) is 31.0. The second-order valence-corrected chi connectivity index (χ2v) is 4.83. The first kappa shape index (κ1) is 20.7. The summed E-state index contributed by atoms with van der Waals surface area (Å²) in [6.07, 6.45) is 0.402. The molecule has 0 aliphatic rings. The van der Waals surface area contributed by atoms with Crippen LogP contribution in [-0.4, -0.2) is 45.8 Å². The van der Waals surface area contributed by atoms with Crippen LogP contribution in [0.15, 0.2) is 18.2 Å². The van der Waals surface area contributed by atoms with E-state index in [2.05, 4.69) is 5.32 Å². The molecule has 1 aromatic carbocycles. The number of nitrogens with two attached hydrogens (primary N) is 1. The molecule has 1 aromatic rings. The van der Waals surface area contributed by atoms with Crippen LogP contribution in [0.25, 0.3) is 0 Å². The molecule has 0 aromatic heterocycles. The Balaban J connectivity index is 0.000000422. The molecule has 0 aliphatic carbocycles. The van der Waals surface area contributed by atoms with Gasteiger partial charge in [0.1, 0.15) is 6.04 Å². The van der Waals surface area contributed by atoms with Gasteiger partial charge in [-0.15, -0.1) is 0 Å². The minimum Gasteiger partial charge on any atom is -0.481 e. The van der Waals surface area contributed by atoms with Crippen molar-refractivity contribution >= 4 is 35.2 Å². The minimum absolute atomic E-state index is 0.0340. The molecule has 0 spiro atoms. The van der Waals surface area contributed by atoms with Crippen molar-refractivity contribution in [2.75, 3.05) is 12.3 Å². The number of aliphatic carboxylic acids is 2. The first-order valence-corrected chi connectivity index (χ1v) is 7.03. The predicted octanol–water partition coefficient (Wildman–Crippen LogP) is 1.53. The Bertz CT molecular complexity index is 564. The van der Waals surface area contributed by atoms with Crippen LogP contribution in [0.2, 0.25) is 5.02 Å². The Morgan fingerprint density at radius 3 is 2.26 bits per heavy atom. The molecule has 0 fully saturated rings. The van der Waals surface area contributed by atoms with Crippen LogP contribution in [0.3, 0.4) is 0 Å². The van der Waals surface area contributed by atoms with Gasteiger partial charge in [-0.05, 0) is 25.1 Å². The number of hydrogen-bond acceptors (Lipinski definition) is 5. The topological polar surface area (TPSA) is 150 Å². The zero-order valence-corrected chi connectivity index (χ0v) is 13.2. The van der Waals surface area contributed by atoms with E-state index >= 15 is 0 Å². The van der Waals surface area contributed by atoms with E-state index in [0.29, 0.717) is 6.54 Å². The number of rotatable bonds is 7.